The summed E-state index contributed by atoms with van der Waals surface area (Å²) in [6.45, 7) is -0.235. The van der Waals surface area contributed by atoms with Gasteiger partial charge in [0.1, 0.15) is 0 Å². The fourth-order valence-corrected chi connectivity index (χ4v) is 1.06. The van der Waals surface area contributed by atoms with Crippen LogP contribution in [0.3, 0.4) is 0 Å². The molecule has 0 radical (unpaired) electrons. The Morgan fingerprint density at radius 2 is 1.76 bits per heavy atom. The predicted molar refractivity (Wildman–Crippen MR) is 59.6 cm³/mol. The largest absolute Gasteiger partial charge is 0.366 e. The molecule has 0 fully saturated rings. The van der Waals surface area contributed by atoms with Crippen LogP contribution in [-0.2, 0) is 4.79 Å². The summed E-state index contributed by atoms with van der Waals surface area (Å²) in [6, 6.07) is 5.81. The van der Waals surface area contributed by atoms with Crippen molar-refractivity contribution in [3.8, 4) is 0 Å². The maximum absolute atomic E-state index is 11.5. The summed E-state index contributed by atoms with van der Waals surface area (Å²) in [5, 5.41) is 0. The molecule has 1 aromatic carbocycles. The second-order valence-electron chi connectivity index (χ2n) is 3.15. The van der Waals surface area contributed by atoms with Crippen molar-refractivity contribution in [2.24, 2.45) is 11.5 Å². The number of primary amides is 1. The van der Waals surface area contributed by atoms with Crippen molar-refractivity contribution in [1.82, 2.24) is 10.9 Å². The zero-order valence-electron chi connectivity index (χ0n) is 8.90. The molecule has 0 atom stereocenters. The highest BCUT2D eigenvalue weighted by Crippen LogP contribution is 2.04. The fourth-order valence-electron chi connectivity index (χ4n) is 1.06. The van der Waals surface area contributed by atoms with Crippen LogP contribution in [0.2, 0.25) is 0 Å². The molecule has 0 aliphatic heterocycles. The highest BCUT2D eigenvalue weighted by atomic mass is 16.2. The molecular weight excluding hydrogens is 224 g/mol. The fraction of sp³-hybridized carbons (Fsp3) is 0.100. The molecule has 0 heterocycles. The number of hydrogen-bond acceptors (Lipinski definition) is 4. The summed E-state index contributed by atoms with van der Waals surface area (Å²) >= 11 is 0. The van der Waals surface area contributed by atoms with Gasteiger partial charge in [-0.1, -0.05) is 6.07 Å². The van der Waals surface area contributed by atoms with Gasteiger partial charge in [0.25, 0.3) is 11.8 Å². The van der Waals surface area contributed by atoms with Gasteiger partial charge in [0.15, 0.2) is 0 Å². The van der Waals surface area contributed by atoms with Gasteiger partial charge < -0.3 is 11.5 Å². The monoisotopic (exact) mass is 236 g/mol. The van der Waals surface area contributed by atoms with Crippen molar-refractivity contribution in [3.05, 3.63) is 35.4 Å². The first-order chi connectivity index (χ1) is 8.04. The number of benzene rings is 1. The van der Waals surface area contributed by atoms with Gasteiger partial charge in [-0.2, -0.15) is 0 Å². The third-order valence-corrected chi connectivity index (χ3v) is 1.91. The van der Waals surface area contributed by atoms with Gasteiger partial charge in [-0.15, -0.1) is 0 Å². The number of hydrogen-bond donors (Lipinski definition) is 4. The Hall–Kier alpha value is -2.41. The number of carbonyl (C=O) groups is 3. The van der Waals surface area contributed by atoms with Crippen LogP contribution in [0.5, 0.6) is 0 Å². The third kappa shape index (κ3) is 3.58. The standard InChI is InChI=1S/C10H12N4O3/c11-5-8(15)13-14-10(17)7-3-1-2-6(4-7)9(12)16/h1-4H,5,11H2,(H2,12,16)(H,13,15)(H,14,17). The summed E-state index contributed by atoms with van der Waals surface area (Å²) in [4.78, 5) is 33.2. The molecule has 0 aliphatic rings. The summed E-state index contributed by atoms with van der Waals surface area (Å²) in [7, 11) is 0. The number of nitrogens with two attached hydrogens (primary N) is 2. The molecule has 6 N–H and O–H groups in total. The lowest BCUT2D eigenvalue weighted by atomic mass is 10.1. The second-order valence-corrected chi connectivity index (χ2v) is 3.15. The first-order valence-electron chi connectivity index (χ1n) is 4.73. The molecule has 0 aliphatic carbocycles. The van der Waals surface area contributed by atoms with Gasteiger partial charge in [0.2, 0.25) is 5.91 Å². The first kappa shape index (κ1) is 12.7. The molecule has 0 bridgehead atoms. The van der Waals surface area contributed by atoms with Crippen LogP contribution in [-0.4, -0.2) is 24.3 Å². The zero-order chi connectivity index (χ0) is 12.8. The van der Waals surface area contributed by atoms with E-state index >= 15 is 0 Å². The molecule has 0 spiro atoms. The minimum atomic E-state index is -0.634. The number of rotatable bonds is 3. The molecule has 0 aromatic heterocycles. The molecule has 0 saturated heterocycles. The molecule has 1 aromatic rings. The SMILES string of the molecule is NCC(=O)NNC(=O)c1cccc(C(N)=O)c1. The van der Waals surface area contributed by atoms with E-state index in [9.17, 15) is 14.4 Å². The lowest BCUT2D eigenvalue weighted by Crippen LogP contribution is -2.44. The van der Waals surface area contributed by atoms with E-state index in [1.165, 1.54) is 24.3 Å². The van der Waals surface area contributed by atoms with E-state index in [2.05, 4.69) is 10.9 Å². The number of amides is 3. The minimum Gasteiger partial charge on any atom is -0.366 e. The molecule has 17 heavy (non-hydrogen) atoms. The van der Waals surface area contributed by atoms with Gasteiger partial charge in [-0.05, 0) is 18.2 Å². The molecule has 0 saturated carbocycles. The Bertz CT molecular complexity index is 459. The van der Waals surface area contributed by atoms with E-state index in [0.29, 0.717) is 0 Å². The molecule has 7 heteroatoms. The van der Waals surface area contributed by atoms with Gasteiger partial charge in [0.05, 0.1) is 6.54 Å². The Morgan fingerprint density at radius 1 is 1.12 bits per heavy atom. The smallest absolute Gasteiger partial charge is 0.269 e. The van der Waals surface area contributed by atoms with Crippen molar-refractivity contribution in [3.63, 3.8) is 0 Å². The molecule has 3 amide bonds. The Kier molecular flexibility index (Phi) is 4.18. The van der Waals surface area contributed by atoms with E-state index in [-0.39, 0.29) is 17.7 Å². The van der Waals surface area contributed by atoms with Gasteiger partial charge in [0, 0.05) is 11.1 Å². The zero-order valence-corrected chi connectivity index (χ0v) is 8.90. The first-order valence-corrected chi connectivity index (χ1v) is 4.73. The van der Waals surface area contributed by atoms with Crippen LogP contribution >= 0.6 is 0 Å². The second kappa shape index (κ2) is 5.61. The van der Waals surface area contributed by atoms with Crippen molar-refractivity contribution in [2.45, 2.75) is 0 Å². The van der Waals surface area contributed by atoms with Crippen LogP contribution in [0, 0.1) is 0 Å². The number of carbonyl (C=O) groups excluding carboxylic acids is 3. The summed E-state index contributed by atoms with van der Waals surface area (Å²) in [6.07, 6.45) is 0. The average Bonchev–Trinajstić information content (AvgIpc) is 2.35. The van der Waals surface area contributed by atoms with Crippen molar-refractivity contribution in [1.29, 1.82) is 0 Å². The van der Waals surface area contributed by atoms with E-state index in [1.807, 2.05) is 0 Å². The van der Waals surface area contributed by atoms with E-state index < -0.39 is 17.7 Å². The maximum Gasteiger partial charge on any atom is 0.269 e. The minimum absolute atomic E-state index is 0.207. The van der Waals surface area contributed by atoms with Crippen LogP contribution in [0.4, 0.5) is 0 Å². The third-order valence-electron chi connectivity index (χ3n) is 1.91. The molecule has 7 nitrogen and oxygen atoms in total. The normalized spacial score (nSPS) is 9.47. The quantitative estimate of drug-likeness (QED) is 0.476. The van der Waals surface area contributed by atoms with Crippen molar-refractivity contribution >= 4 is 17.7 Å². The average molecular weight is 236 g/mol. The lowest BCUT2D eigenvalue weighted by molar-refractivity contribution is -0.120. The Labute approximate surface area is 97.1 Å². The molecule has 90 valence electrons. The lowest BCUT2D eigenvalue weighted by Gasteiger charge is -2.06. The van der Waals surface area contributed by atoms with Gasteiger partial charge >= 0.3 is 0 Å². The Balaban J connectivity index is 2.72. The number of hydrazine groups is 1. The Morgan fingerprint density at radius 3 is 2.35 bits per heavy atom. The maximum atomic E-state index is 11.5. The highest BCUT2D eigenvalue weighted by Gasteiger charge is 2.08. The number of nitrogens with one attached hydrogen (secondary N) is 2. The van der Waals surface area contributed by atoms with Crippen LogP contribution in [0.25, 0.3) is 0 Å². The molecule has 0 unspecified atom stereocenters. The van der Waals surface area contributed by atoms with Crippen molar-refractivity contribution < 1.29 is 14.4 Å². The molecular formula is C10H12N4O3. The van der Waals surface area contributed by atoms with Crippen LogP contribution in [0.1, 0.15) is 20.7 Å². The van der Waals surface area contributed by atoms with Crippen LogP contribution < -0.4 is 22.3 Å². The molecule has 1 rings (SSSR count). The summed E-state index contributed by atoms with van der Waals surface area (Å²) in [5.41, 5.74) is 14.8. The van der Waals surface area contributed by atoms with Crippen LogP contribution in [0.15, 0.2) is 24.3 Å². The van der Waals surface area contributed by atoms with Crippen molar-refractivity contribution in [2.75, 3.05) is 6.54 Å². The topological polar surface area (TPSA) is 127 Å². The summed E-state index contributed by atoms with van der Waals surface area (Å²) < 4.78 is 0. The highest BCUT2D eigenvalue weighted by molar-refractivity contribution is 5.99. The van der Waals surface area contributed by atoms with E-state index in [4.69, 9.17) is 11.5 Å². The van der Waals surface area contributed by atoms with Gasteiger partial charge in [-0.25, -0.2) is 0 Å². The van der Waals surface area contributed by atoms with E-state index in [0.717, 1.165) is 0 Å². The predicted octanol–water partition coefficient (Wildman–Crippen LogP) is -1.49. The van der Waals surface area contributed by atoms with E-state index in [1.54, 1.807) is 0 Å². The van der Waals surface area contributed by atoms with Gasteiger partial charge in [-0.3, -0.25) is 25.2 Å². The summed E-state index contributed by atoms with van der Waals surface area (Å²) in [5.74, 6) is -1.72.